The third-order valence-corrected chi connectivity index (χ3v) is 5.20. The number of hydrogen-bond acceptors (Lipinski definition) is 1. The lowest BCUT2D eigenvalue weighted by Gasteiger charge is -2.20. The van der Waals surface area contributed by atoms with Gasteiger partial charge in [0.05, 0.1) is 10.0 Å². The van der Waals surface area contributed by atoms with Gasteiger partial charge >= 0.3 is 0 Å². The fraction of sp³-hybridized carbons (Fsp3) is 0.238. The molecule has 3 aromatic carbocycles. The summed E-state index contributed by atoms with van der Waals surface area (Å²) in [5.74, 6) is 0.305. The van der Waals surface area contributed by atoms with Gasteiger partial charge in [0.2, 0.25) is 0 Å². The molecule has 4 heteroatoms. The molecule has 1 atom stereocenters. The van der Waals surface area contributed by atoms with Gasteiger partial charge < -0.3 is 5.32 Å². The first kappa shape index (κ1) is 20.1. The lowest BCUT2D eigenvalue weighted by molar-refractivity contribution is 0.631. The molecule has 1 N–H and O–H groups in total. The summed E-state index contributed by atoms with van der Waals surface area (Å²) in [6.07, 6.45) is 2.16. The van der Waals surface area contributed by atoms with E-state index in [1.807, 2.05) is 19.2 Å². The molecule has 0 unspecified atom stereocenters. The van der Waals surface area contributed by atoms with Gasteiger partial charge in [0.15, 0.2) is 0 Å². The molecule has 0 heterocycles. The van der Waals surface area contributed by atoms with Gasteiger partial charge in [-0.15, -0.1) is 12.4 Å². The Bertz CT molecular complexity index is 827. The predicted octanol–water partition coefficient (Wildman–Crippen LogP) is 6.70. The first-order chi connectivity index (χ1) is 11.7. The van der Waals surface area contributed by atoms with Crippen LogP contribution in [0.4, 0.5) is 0 Å². The van der Waals surface area contributed by atoms with E-state index in [0.29, 0.717) is 16.0 Å². The van der Waals surface area contributed by atoms with Crippen molar-refractivity contribution in [2.45, 2.75) is 18.8 Å². The van der Waals surface area contributed by atoms with Crippen LogP contribution in [0.2, 0.25) is 10.0 Å². The van der Waals surface area contributed by atoms with Gasteiger partial charge in [-0.25, -0.2) is 0 Å². The van der Waals surface area contributed by atoms with Gasteiger partial charge in [-0.1, -0.05) is 71.7 Å². The molecule has 25 heavy (non-hydrogen) atoms. The third-order valence-electron chi connectivity index (χ3n) is 4.46. The van der Waals surface area contributed by atoms with Crippen molar-refractivity contribution in [1.29, 1.82) is 0 Å². The molecular weight excluding hydrogens is 373 g/mol. The van der Waals surface area contributed by atoms with E-state index in [4.69, 9.17) is 23.2 Å². The zero-order valence-electron chi connectivity index (χ0n) is 14.1. The van der Waals surface area contributed by atoms with E-state index in [-0.39, 0.29) is 12.4 Å². The highest BCUT2D eigenvalue weighted by molar-refractivity contribution is 6.42. The molecular formula is C21H22Cl3N. The van der Waals surface area contributed by atoms with Crippen LogP contribution in [-0.4, -0.2) is 13.6 Å². The maximum absolute atomic E-state index is 6.28. The van der Waals surface area contributed by atoms with Crippen LogP contribution in [0.15, 0.2) is 60.7 Å². The standard InChI is InChI=1S/C21H21Cl2N.ClH/c1-24-13-5-10-18(16-11-12-20(22)21(23)14-16)19-9-4-7-15-6-2-3-8-17(15)19;/h2-4,6-9,11-12,14,18,24H,5,10,13H2,1H3;1H/t18-;/m1./s1. The van der Waals surface area contributed by atoms with Crippen LogP contribution < -0.4 is 5.32 Å². The van der Waals surface area contributed by atoms with Crippen molar-refractivity contribution in [3.05, 3.63) is 81.8 Å². The Balaban J connectivity index is 0.00000225. The molecule has 0 aliphatic heterocycles. The number of halogens is 3. The van der Waals surface area contributed by atoms with Crippen LogP contribution >= 0.6 is 35.6 Å². The number of hydrogen-bond donors (Lipinski definition) is 1. The summed E-state index contributed by atoms with van der Waals surface area (Å²) in [7, 11) is 1.99. The summed E-state index contributed by atoms with van der Waals surface area (Å²) in [6.45, 7) is 1.00. The van der Waals surface area contributed by atoms with Gasteiger partial charge in [-0.05, 0) is 60.5 Å². The fourth-order valence-corrected chi connectivity index (χ4v) is 3.57. The van der Waals surface area contributed by atoms with Gasteiger partial charge in [0.1, 0.15) is 0 Å². The van der Waals surface area contributed by atoms with Crippen LogP contribution in [0.5, 0.6) is 0 Å². The fourth-order valence-electron chi connectivity index (χ4n) is 3.27. The summed E-state index contributed by atoms with van der Waals surface area (Å²) < 4.78 is 0. The van der Waals surface area contributed by atoms with Crippen LogP contribution in [0.1, 0.15) is 29.9 Å². The molecule has 0 aliphatic carbocycles. The lowest BCUT2D eigenvalue weighted by Crippen LogP contribution is -2.10. The van der Waals surface area contributed by atoms with Crippen molar-refractivity contribution in [3.8, 4) is 0 Å². The zero-order chi connectivity index (χ0) is 16.9. The highest BCUT2D eigenvalue weighted by Crippen LogP contribution is 2.36. The SMILES string of the molecule is CNCCC[C@H](c1ccc(Cl)c(Cl)c1)c1cccc2ccccc12.Cl. The number of fused-ring (bicyclic) bond motifs is 1. The number of rotatable bonds is 6. The minimum Gasteiger partial charge on any atom is -0.320 e. The Morgan fingerprint density at radius 3 is 2.44 bits per heavy atom. The second kappa shape index (κ2) is 9.45. The van der Waals surface area contributed by atoms with Crippen LogP contribution in [0, 0.1) is 0 Å². The van der Waals surface area contributed by atoms with E-state index in [1.54, 1.807) is 0 Å². The van der Waals surface area contributed by atoms with E-state index in [9.17, 15) is 0 Å². The smallest absolute Gasteiger partial charge is 0.0595 e. The number of benzene rings is 3. The quantitative estimate of drug-likeness (QED) is 0.459. The minimum absolute atomic E-state index is 0. The molecule has 0 radical (unpaired) electrons. The van der Waals surface area contributed by atoms with Crippen molar-refractivity contribution in [1.82, 2.24) is 5.32 Å². The van der Waals surface area contributed by atoms with Gasteiger partial charge in [0.25, 0.3) is 0 Å². The molecule has 0 aromatic heterocycles. The van der Waals surface area contributed by atoms with E-state index in [1.165, 1.54) is 21.9 Å². The van der Waals surface area contributed by atoms with Gasteiger partial charge in [-0.2, -0.15) is 0 Å². The van der Waals surface area contributed by atoms with Gasteiger partial charge in [-0.3, -0.25) is 0 Å². The molecule has 0 amide bonds. The summed E-state index contributed by atoms with van der Waals surface area (Å²) in [4.78, 5) is 0. The average Bonchev–Trinajstić information content (AvgIpc) is 2.61. The highest BCUT2D eigenvalue weighted by Gasteiger charge is 2.17. The molecule has 132 valence electrons. The van der Waals surface area contributed by atoms with Crippen molar-refractivity contribution < 1.29 is 0 Å². The predicted molar refractivity (Wildman–Crippen MR) is 113 cm³/mol. The first-order valence-corrected chi connectivity index (χ1v) is 9.03. The maximum Gasteiger partial charge on any atom is 0.0595 e. The minimum atomic E-state index is 0. The highest BCUT2D eigenvalue weighted by atomic mass is 35.5. The molecule has 0 aliphatic rings. The van der Waals surface area contributed by atoms with Crippen molar-refractivity contribution in [3.63, 3.8) is 0 Å². The number of nitrogens with one attached hydrogen (secondary N) is 1. The van der Waals surface area contributed by atoms with E-state index in [2.05, 4.69) is 53.8 Å². The third kappa shape index (κ3) is 4.68. The molecule has 3 rings (SSSR count). The molecule has 0 bridgehead atoms. The Labute approximate surface area is 165 Å². The van der Waals surface area contributed by atoms with Crippen LogP contribution in [0.25, 0.3) is 10.8 Å². The van der Waals surface area contributed by atoms with Crippen molar-refractivity contribution >= 4 is 46.4 Å². The zero-order valence-corrected chi connectivity index (χ0v) is 16.5. The van der Waals surface area contributed by atoms with Crippen LogP contribution in [-0.2, 0) is 0 Å². The van der Waals surface area contributed by atoms with E-state index in [0.717, 1.165) is 19.4 Å². The largest absolute Gasteiger partial charge is 0.320 e. The summed E-state index contributed by atoms with van der Waals surface area (Å²) in [5, 5.41) is 7.04. The second-order valence-corrected chi connectivity index (χ2v) is 6.85. The monoisotopic (exact) mass is 393 g/mol. The Hall–Kier alpha value is -1.25. The topological polar surface area (TPSA) is 12.0 Å². The molecule has 0 fully saturated rings. The second-order valence-electron chi connectivity index (χ2n) is 6.04. The molecule has 1 nitrogen and oxygen atoms in total. The van der Waals surface area contributed by atoms with Crippen molar-refractivity contribution in [2.24, 2.45) is 0 Å². The first-order valence-electron chi connectivity index (χ1n) is 8.28. The Morgan fingerprint density at radius 2 is 1.68 bits per heavy atom. The average molecular weight is 395 g/mol. The summed E-state index contributed by atoms with van der Waals surface area (Å²) >= 11 is 12.4. The lowest BCUT2D eigenvalue weighted by atomic mass is 9.85. The summed E-state index contributed by atoms with van der Waals surface area (Å²) in [5.41, 5.74) is 2.57. The molecule has 0 saturated carbocycles. The molecule has 3 aromatic rings. The van der Waals surface area contributed by atoms with Crippen LogP contribution in [0.3, 0.4) is 0 Å². The van der Waals surface area contributed by atoms with E-state index < -0.39 is 0 Å². The summed E-state index contributed by atoms with van der Waals surface area (Å²) in [6, 6.07) is 21.1. The van der Waals surface area contributed by atoms with Crippen molar-refractivity contribution in [2.75, 3.05) is 13.6 Å². The van der Waals surface area contributed by atoms with Gasteiger partial charge in [0, 0.05) is 5.92 Å². The molecule has 0 spiro atoms. The molecule has 0 saturated heterocycles. The Morgan fingerprint density at radius 1 is 0.920 bits per heavy atom. The maximum atomic E-state index is 6.28. The van der Waals surface area contributed by atoms with E-state index >= 15 is 0 Å². The normalized spacial score (nSPS) is 12.0. The Kier molecular flexibility index (Phi) is 7.58.